The summed E-state index contributed by atoms with van der Waals surface area (Å²) in [6.07, 6.45) is 7.24. The minimum atomic E-state index is 0.315. The number of hydrogen-bond acceptors (Lipinski definition) is 1. The van der Waals surface area contributed by atoms with Gasteiger partial charge in [-0.3, -0.25) is 0 Å². The standard InChI is InChI=1S/C15H31ClO/c1-5-7-9-15(6-2,13-16)10-12-17-11-8-14(3)4/h14H,5-13H2,1-4H3. The van der Waals surface area contributed by atoms with Crippen molar-refractivity contribution < 1.29 is 4.74 Å². The van der Waals surface area contributed by atoms with Crippen molar-refractivity contribution in [3.63, 3.8) is 0 Å². The number of rotatable bonds is 11. The Balaban J connectivity index is 3.83. The molecule has 0 fully saturated rings. The van der Waals surface area contributed by atoms with Gasteiger partial charge in [-0.15, -0.1) is 11.6 Å². The summed E-state index contributed by atoms with van der Waals surface area (Å²) in [6, 6.07) is 0. The van der Waals surface area contributed by atoms with Gasteiger partial charge in [0.25, 0.3) is 0 Å². The van der Waals surface area contributed by atoms with Gasteiger partial charge in [0.2, 0.25) is 0 Å². The Labute approximate surface area is 113 Å². The van der Waals surface area contributed by atoms with Gasteiger partial charge in [0.15, 0.2) is 0 Å². The predicted molar refractivity (Wildman–Crippen MR) is 77.9 cm³/mol. The average molecular weight is 263 g/mol. The molecule has 0 bridgehead atoms. The maximum absolute atomic E-state index is 6.17. The lowest BCUT2D eigenvalue weighted by molar-refractivity contribution is 0.0871. The first kappa shape index (κ1) is 17.2. The molecular weight excluding hydrogens is 232 g/mol. The molecule has 1 nitrogen and oxygen atoms in total. The lowest BCUT2D eigenvalue weighted by atomic mass is 9.79. The van der Waals surface area contributed by atoms with Crippen molar-refractivity contribution >= 4 is 11.6 Å². The number of unbranched alkanes of at least 4 members (excludes halogenated alkanes) is 1. The molecular formula is C15H31ClO. The van der Waals surface area contributed by atoms with E-state index in [1.165, 1.54) is 25.7 Å². The minimum Gasteiger partial charge on any atom is -0.381 e. The molecule has 0 radical (unpaired) electrons. The molecule has 0 aromatic carbocycles. The quantitative estimate of drug-likeness (QED) is 0.364. The highest BCUT2D eigenvalue weighted by molar-refractivity contribution is 6.18. The highest BCUT2D eigenvalue weighted by atomic mass is 35.5. The molecule has 0 N–H and O–H groups in total. The van der Waals surface area contributed by atoms with Crippen molar-refractivity contribution in [2.45, 2.75) is 66.2 Å². The van der Waals surface area contributed by atoms with Gasteiger partial charge in [-0.05, 0) is 37.0 Å². The second-order valence-corrected chi connectivity index (χ2v) is 5.90. The van der Waals surface area contributed by atoms with Gasteiger partial charge in [0.05, 0.1) is 0 Å². The van der Waals surface area contributed by atoms with E-state index in [1.54, 1.807) is 0 Å². The monoisotopic (exact) mass is 262 g/mol. The number of halogens is 1. The fraction of sp³-hybridized carbons (Fsp3) is 1.00. The van der Waals surface area contributed by atoms with Crippen LogP contribution in [-0.4, -0.2) is 19.1 Å². The second kappa shape index (κ2) is 10.2. The molecule has 0 spiro atoms. The number of ether oxygens (including phenoxy) is 1. The predicted octanol–water partition coefficient (Wildman–Crippen LogP) is 5.26. The Hall–Kier alpha value is 0.250. The van der Waals surface area contributed by atoms with Gasteiger partial charge >= 0.3 is 0 Å². The van der Waals surface area contributed by atoms with Crippen LogP contribution in [0.3, 0.4) is 0 Å². The van der Waals surface area contributed by atoms with E-state index < -0.39 is 0 Å². The SMILES string of the molecule is CCCCC(CC)(CCl)CCOCCC(C)C. The van der Waals surface area contributed by atoms with Crippen molar-refractivity contribution in [1.29, 1.82) is 0 Å². The molecule has 0 saturated heterocycles. The van der Waals surface area contributed by atoms with E-state index in [4.69, 9.17) is 16.3 Å². The van der Waals surface area contributed by atoms with Crippen LogP contribution in [0.4, 0.5) is 0 Å². The zero-order valence-corrected chi connectivity index (χ0v) is 13.0. The largest absolute Gasteiger partial charge is 0.381 e. The molecule has 0 aliphatic rings. The van der Waals surface area contributed by atoms with Crippen molar-refractivity contribution in [1.82, 2.24) is 0 Å². The first-order valence-corrected chi connectivity index (χ1v) is 7.77. The Kier molecular flexibility index (Phi) is 10.3. The summed E-state index contributed by atoms with van der Waals surface area (Å²) >= 11 is 6.17. The lowest BCUT2D eigenvalue weighted by Crippen LogP contribution is -2.24. The molecule has 17 heavy (non-hydrogen) atoms. The third kappa shape index (κ3) is 8.05. The normalized spacial score (nSPS) is 15.2. The first-order valence-electron chi connectivity index (χ1n) is 7.24. The van der Waals surface area contributed by atoms with E-state index in [-0.39, 0.29) is 0 Å². The van der Waals surface area contributed by atoms with Crippen molar-refractivity contribution in [2.75, 3.05) is 19.1 Å². The smallest absolute Gasteiger partial charge is 0.0471 e. The molecule has 0 aromatic heterocycles. The Morgan fingerprint density at radius 1 is 1.12 bits per heavy atom. The summed E-state index contributed by atoms with van der Waals surface area (Å²) in [6.45, 7) is 10.7. The summed E-state index contributed by atoms with van der Waals surface area (Å²) in [5.74, 6) is 1.51. The van der Waals surface area contributed by atoms with E-state index in [0.29, 0.717) is 5.41 Å². The van der Waals surface area contributed by atoms with Gasteiger partial charge in [0, 0.05) is 19.1 Å². The molecule has 2 heteroatoms. The zero-order chi connectivity index (χ0) is 13.1. The van der Waals surface area contributed by atoms with Gasteiger partial charge in [-0.2, -0.15) is 0 Å². The van der Waals surface area contributed by atoms with Crippen LogP contribution in [0.1, 0.15) is 66.2 Å². The fourth-order valence-electron chi connectivity index (χ4n) is 1.97. The van der Waals surface area contributed by atoms with Crippen molar-refractivity contribution in [3.8, 4) is 0 Å². The summed E-state index contributed by atoms with van der Waals surface area (Å²) in [7, 11) is 0. The molecule has 1 atom stereocenters. The van der Waals surface area contributed by atoms with E-state index in [2.05, 4.69) is 27.7 Å². The molecule has 0 saturated carbocycles. The Morgan fingerprint density at radius 3 is 2.29 bits per heavy atom. The minimum absolute atomic E-state index is 0.315. The van der Waals surface area contributed by atoms with Gasteiger partial charge < -0.3 is 4.74 Å². The van der Waals surface area contributed by atoms with Gasteiger partial charge in [-0.1, -0.05) is 40.5 Å². The molecule has 0 amide bonds. The van der Waals surface area contributed by atoms with E-state index in [9.17, 15) is 0 Å². The number of alkyl halides is 1. The van der Waals surface area contributed by atoms with E-state index in [1.807, 2.05) is 0 Å². The number of hydrogen-bond donors (Lipinski definition) is 0. The van der Waals surface area contributed by atoms with E-state index >= 15 is 0 Å². The molecule has 0 aliphatic heterocycles. The second-order valence-electron chi connectivity index (χ2n) is 5.64. The van der Waals surface area contributed by atoms with Crippen LogP contribution in [0.2, 0.25) is 0 Å². The van der Waals surface area contributed by atoms with Crippen molar-refractivity contribution in [2.24, 2.45) is 11.3 Å². The van der Waals surface area contributed by atoms with Crippen LogP contribution in [-0.2, 0) is 4.74 Å². The molecule has 0 aliphatic carbocycles. The molecule has 104 valence electrons. The highest BCUT2D eigenvalue weighted by Gasteiger charge is 2.26. The first-order chi connectivity index (χ1) is 8.10. The Bertz CT molecular complexity index is 164. The Morgan fingerprint density at radius 2 is 1.82 bits per heavy atom. The van der Waals surface area contributed by atoms with E-state index in [0.717, 1.165) is 37.9 Å². The molecule has 0 heterocycles. The summed E-state index contributed by atoms with van der Waals surface area (Å²) in [4.78, 5) is 0. The van der Waals surface area contributed by atoms with Crippen molar-refractivity contribution in [3.05, 3.63) is 0 Å². The van der Waals surface area contributed by atoms with Crippen LogP contribution in [0.25, 0.3) is 0 Å². The zero-order valence-electron chi connectivity index (χ0n) is 12.2. The van der Waals surface area contributed by atoms with Crippen LogP contribution < -0.4 is 0 Å². The van der Waals surface area contributed by atoms with Crippen LogP contribution >= 0.6 is 11.6 Å². The van der Waals surface area contributed by atoms with Crippen LogP contribution in [0.5, 0.6) is 0 Å². The summed E-state index contributed by atoms with van der Waals surface area (Å²) in [5.41, 5.74) is 0.315. The maximum Gasteiger partial charge on any atom is 0.0471 e. The molecule has 1 unspecified atom stereocenters. The maximum atomic E-state index is 6.17. The van der Waals surface area contributed by atoms with Crippen LogP contribution in [0, 0.1) is 11.3 Å². The van der Waals surface area contributed by atoms with Crippen LogP contribution in [0.15, 0.2) is 0 Å². The van der Waals surface area contributed by atoms with Gasteiger partial charge in [0.1, 0.15) is 0 Å². The third-order valence-corrected chi connectivity index (χ3v) is 4.28. The van der Waals surface area contributed by atoms with Gasteiger partial charge in [-0.25, -0.2) is 0 Å². The highest BCUT2D eigenvalue weighted by Crippen LogP contribution is 2.34. The topological polar surface area (TPSA) is 9.23 Å². The lowest BCUT2D eigenvalue weighted by Gasteiger charge is -2.30. The molecule has 0 rings (SSSR count). The summed E-state index contributed by atoms with van der Waals surface area (Å²) in [5, 5.41) is 0. The third-order valence-electron chi connectivity index (χ3n) is 3.71. The average Bonchev–Trinajstić information content (AvgIpc) is 2.33. The summed E-state index contributed by atoms with van der Waals surface area (Å²) < 4.78 is 5.72. The molecule has 0 aromatic rings. The fourth-order valence-corrected chi connectivity index (χ4v) is 2.42.